The number of aromatic nitrogens is 5. The average molecular weight is 382 g/mol. The number of phenolic OH excluding ortho intramolecular Hbond substituents is 1. The van der Waals surface area contributed by atoms with Crippen molar-refractivity contribution in [2.45, 2.75) is 38.4 Å². The molecular weight excluding hydrogens is 359 g/mol. The van der Waals surface area contributed by atoms with Gasteiger partial charge in [0, 0.05) is 31.1 Å². The molecule has 2 aromatic heterocycles. The third-order valence-corrected chi connectivity index (χ3v) is 5.42. The Balaban J connectivity index is 1.53. The highest BCUT2D eigenvalue weighted by molar-refractivity contribution is 5.68. The zero-order valence-corrected chi connectivity index (χ0v) is 15.9. The summed E-state index contributed by atoms with van der Waals surface area (Å²) in [6.07, 6.45) is 8.14. The topological polar surface area (TPSA) is 80.0 Å². The lowest BCUT2D eigenvalue weighted by Crippen LogP contribution is -2.43. The van der Waals surface area contributed by atoms with Crippen molar-refractivity contribution in [3.8, 4) is 22.7 Å². The van der Waals surface area contributed by atoms with E-state index in [1.807, 2.05) is 6.07 Å². The van der Waals surface area contributed by atoms with Crippen molar-refractivity contribution < 1.29 is 9.50 Å². The number of rotatable bonds is 4. The van der Waals surface area contributed by atoms with Crippen molar-refractivity contribution in [3.63, 3.8) is 0 Å². The van der Waals surface area contributed by atoms with Crippen LogP contribution in [0, 0.1) is 5.92 Å². The van der Waals surface area contributed by atoms with Crippen LogP contribution in [-0.4, -0.2) is 49.1 Å². The van der Waals surface area contributed by atoms with Gasteiger partial charge >= 0.3 is 0 Å². The summed E-state index contributed by atoms with van der Waals surface area (Å²) < 4.78 is 16.2. The van der Waals surface area contributed by atoms with Crippen LogP contribution in [0.3, 0.4) is 0 Å². The number of imidazole rings is 1. The van der Waals surface area contributed by atoms with Gasteiger partial charge in [-0.3, -0.25) is 0 Å². The predicted molar refractivity (Wildman–Crippen MR) is 104 cm³/mol. The van der Waals surface area contributed by atoms with Crippen molar-refractivity contribution in [1.82, 2.24) is 24.7 Å². The van der Waals surface area contributed by atoms with Crippen molar-refractivity contribution in [1.29, 1.82) is 0 Å². The minimum atomic E-state index is -0.892. The lowest BCUT2D eigenvalue weighted by atomic mass is 9.85. The van der Waals surface area contributed by atoms with E-state index < -0.39 is 6.17 Å². The first-order valence-electron chi connectivity index (χ1n) is 9.41. The van der Waals surface area contributed by atoms with Gasteiger partial charge < -0.3 is 14.6 Å². The van der Waals surface area contributed by atoms with Gasteiger partial charge in [0.2, 0.25) is 5.95 Å². The quantitative estimate of drug-likeness (QED) is 0.745. The second-order valence-electron chi connectivity index (χ2n) is 7.43. The molecule has 0 saturated heterocycles. The largest absolute Gasteiger partial charge is 0.507 e. The first-order valence-corrected chi connectivity index (χ1v) is 9.41. The van der Waals surface area contributed by atoms with Gasteiger partial charge in [-0.2, -0.15) is 0 Å². The number of hydrogen-bond donors (Lipinski definition) is 1. The van der Waals surface area contributed by atoms with E-state index in [-0.39, 0.29) is 11.8 Å². The molecule has 1 aliphatic rings. The fourth-order valence-corrected chi connectivity index (χ4v) is 3.74. The molecule has 0 amide bonds. The van der Waals surface area contributed by atoms with Crippen LogP contribution in [0.4, 0.5) is 10.3 Å². The Bertz CT molecular complexity index is 930. The Labute approximate surface area is 162 Å². The molecule has 0 bridgehead atoms. The van der Waals surface area contributed by atoms with E-state index >= 15 is 0 Å². The number of aromatic hydroxyl groups is 1. The Morgan fingerprint density at radius 3 is 2.75 bits per heavy atom. The Morgan fingerprint density at radius 2 is 2.11 bits per heavy atom. The van der Waals surface area contributed by atoms with Crippen LogP contribution in [0.25, 0.3) is 16.9 Å². The van der Waals surface area contributed by atoms with Crippen LogP contribution >= 0.6 is 0 Å². The maximum Gasteiger partial charge on any atom is 0.245 e. The molecule has 28 heavy (non-hydrogen) atoms. The van der Waals surface area contributed by atoms with Crippen molar-refractivity contribution in [2.75, 3.05) is 11.9 Å². The van der Waals surface area contributed by atoms with Crippen molar-refractivity contribution >= 4 is 5.95 Å². The molecule has 1 saturated carbocycles. The molecule has 8 heteroatoms. The standard InChI is InChI=1S/C20H23FN6O/c1-13-3-6-18(16(21)9-13)26(2)20-23-11-17(24-25-20)15-5-4-14(10-19(15)28)27-8-7-22-12-27/h4-5,7-8,10-13,16,18,28H,3,6,9H2,1-2H3/t13?,16-,18-/m0/s1. The highest BCUT2D eigenvalue weighted by Gasteiger charge is 2.32. The summed E-state index contributed by atoms with van der Waals surface area (Å²) in [6, 6.07) is 5.02. The fourth-order valence-electron chi connectivity index (χ4n) is 3.74. The van der Waals surface area contributed by atoms with Gasteiger partial charge in [-0.1, -0.05) is 6.92 Å². The van der Waals surface area contributed by atoms with Gasteiger partial charge in [-0.25, -0.2) is 14.4 Å². The maximum absolute atomic E-state index is 14.4. The second kappa shape index (κ2) is 7.53. The molecule has 2 heterocycles. The van der Waals surface area contributed by atoms with Crippen LogP contribution in [0.2, 0.25) is 0 Å². The van der Waals surface area contributed by atoms with E-state index in [0.717, 1.165) is 18.5 Å². The highest BCUT2D eigenvalue weighted by atomic mass is 19.1. The lowest BCUT2D eigenvalue weighted by molar-refractivity contribution is 0.175. The minimum Gasteiger partial charge on any atom is -0.507 e. The van der Waals surface area contributed by atoms with Gasteiger partial charge in [-0.05, 0) is 37.3 Å². The van der Waals surface area contributed by atoms with E-state index in [0.29, 0.717) is 29.5 Å². The van der Waals surface area contributed by atoms with E-state index in [1.54, 1.807) is 53.6 Å². The van der Waals surface area contributed by atoms with Crippen LogP contribution in [-0.2, 0) is 0 Å². The van der Waals surface area contributed by atoms with E-state index in [4.69, 9.17) is 0 Å². The molecule has 0 radical (unpaired) electrons. The normalized spacial score (nSPS) is 22.2. The summed E-state index contributed by atoms with van der Waals surface area (Å²) >= 11 is 0. The maximum atomic E-state index is 14.4. The Kier molecular flexibility index (Phi) is 4.93. The molecule has 3 atom stereocenters. The number of halogens is 1. The summed E-state index contributed by atoms with van der Waals surface area (Å²) in [6.45, 7) is 2.08. The molecule has 4 rings (SSSR count). The van der Waals surface area contributed by atoms with Gasteiger partial charge in [0.15, 0.2) is 0 Å². The molecule has 7 nitrogen and oxygen atoms in total. The summed E-state index contributed by atoms with van der Waals surface area (Å²) in [5.41, 5.74) is 1.78. The zero-order chi connectivity index (χ0) is 19.7. The van der Waals surface area contributed by atoms with Gasteiger partial charge in [0.1, 0.15) is 17.6 Å². The van der Waals surface area contributed by atoms with Gasteiger partial charge in [0.05, 0.1) is 24.3 Å². The summed E-state index contributed by atoms with van der Waals surface area (Å²) in [4.78, 5) is 10.1. The first-order chi connectivity index (χ1) is 13.5. The van der Waals surface area contributed by atoms with Crippen LogP contribution in [0.15, 0.2) is 43.1 Å². The number of alkyl halides is 1. The molecule has 146 valence electrons. The van der Waals surface area contributed by atoms with E-state index in [1.165, 1.54) is 0 Å². The number of benzene rings is 1. The number of hydrogen-bond acceptors (Lipinski definition) is 6. The van der Waals surface area contributed by atoms with Crippen LogP contribution in [0.5, 0.6) is 5.75 Å². The van der Waals surface area contributed by atoms with E-state index in [2.05, 4.69) is 27.1 Å². The van der Waals surface area contributed by atoms with Crippen molar-refractivity contribution in [2.24, 2.45) is 5.92 Å². The first kappa shape index (κ1) is 18.3. The third-order valence-electron chi connectivity index (χ3n) is 5.42. The molecular formula is C20H23FN6O. The Hall–Kier alpha value is -3.03. The van der Waals surface area contributed by atoms with E-state index in [9.17, 15) is 9.50 Å². The molecule has 1 aromatic carbocycles. The molecule has 3 aromatic rings. The third kappa shape index (κ3) is 3.54. The number of phenols is 1. The minimum absolute atomic E-state index is 0.0773. The number of anilines is 1. The summed E-state index contributed by atoms with van der Waals surface area (Å²) in [5, 5.41) is 18.8. The highest BCUT2D eigenvalue weighted by Crippen LogP contribution is 2.32. The van der Waals surface area contributed by atoms with Crippen molar-refractivity contribution in [3.05, 3.63) is 43.1 Å². The average Bonchev–Trinajstić information content (AvgIpc) is 3.22. The lowest BCUT2D eigenvalue weighted by Gasteiger charge is -2.36. The second-order valence-corrected chi connectivity index (χ2v) is 7.43. The molecule has 1 aliphatic carbocycles. The smallest absolute Gasteiger partial charge is 0.245 e. The molecule has 0 spiro atoms. The number of nitrogens with zero attached hydrogens (tertiary/aromatic N) is 6. The molecule has 1 fully saturated rings. The Morgan fingerprint density at radius 1 is 1.25 bits per heavy atom. The fraction of sp³-hybridized carbons (Fsp3) is 0.400. The van der Waals surface area contributed by atoms with Crippen LogP contribution in [0.1, 0.15) is 26.2 Å². The molecule has 1 unspecified atom stereocenters. The summed E-state index contributed by atoms with van der Waals surface area (Å²) in [7, 11) is 1.81. The monoisotopic (exact) mass is 382 g/mol. The molecule has 0 aliphatic heterocycles. The van der Waals surface area contributed by atoms with Gasteiger partial charge in [0.25, 0.3) is 0 Å². The summed E-state index contributed by atoms with van der Waals surface area (Å²) in [5.74, 6) is 0.878. The van der Waals surface area contributed by atoms with Gasteiger partial charge in [-0.15, -0.1) is 10.2 Å². The van der Waals surface area contributed by atoms with Crippen LogP contribution < -0.4 is 4.90 Å². The SMILES string of the molecule is CC1CC[C@H](N(C)c2ncc(-c3ccc(-n4ccnc4)cc3O)nn2)[C@@H](F)C1. The molecule has 1 N–H and O–H groups in total. The zero-order valence-electron chi connectivity index (χ0n) is 15.9. The predicted octanol–water partition coefficient (Wildman–Crippen LogP) is 3.39.